The molecule has 144 valence electrons. The number of benzene rings is 2. The minimum atomic E-state index is -4.91. The van der Waals surface area contributed by atoms with Crippen molar-refractivity contribution in [1.82, 2.24) is 0 Å². The van der Waals surface area contributed by atoms with Crippen LogP contribution < -0.4 is 15.2 Å². The van der Waals surface area contributed by atoms with Crippen molar-refractivity contribution < 1.29 is 35.8 Å². The van der Waals surface area contributed by atoms with Gasteiger partial charge in [0.25, 0.3) is 0 Å². The molecule has 0 aromatic heterocycles. The minimum Gasteiger partial charge on any atom is -0.406 e. The molecule has 3 nitrogen and oxygen atoms in total. The Morgan fingerprint density at radius 1 is 0.846 bits per heavy atom. The number of alkyl halides is 6. The molecule has 26 heavy (non-hydrogen) atoms. The predicted molar refractivity (Wildman–Crippen MR) is 87.2 cm³/mol. The van der Waals surface area contributed by atoms with E-state index in [1.807, 2.05) is 0 Å². The topological polar surface area (TPSA) is 44.5 Å². The van der Waals surface area contributed by atoms with Crippen LogP contribution in [0.1, 0.15) is 17.2 Å². The summed E-state index contributed by atoms with van der Waals surface area (Å²) in [6.45, 7) is 0. The van der Waals surface area contributed by atoms with Crippen molar-refractivity contribution in [2.45, 2.75) is 18.8 Å². The number of halogens is 8. The number of hydrogen-bond acceptors (Lipinski definition) is 3. The highest BCUT2D eigenvalue weighted by atomic mass is 79.9. The second-order valence-electron chi connectivity index (χ2n) is 4.82. The molecule has 11 heteroatoms. The Bertz CT molecular complexity index is 736. The lowest BCUT2D eigenvalue weighted by Crippen LogP contribution is -2.21. The van der Waals surface area contributed by atoms with E-state index in [4.69, 9.17) is 5.73 Å². The van der Waals surface area contributed by atoms with E-state index in [1.165, 1.54) is 24.3 Å². The normalized spacial score (nSPS) is 12.9. The van der Waals surface area contributed by atoms with E-state index in [-0.39, 0.29) is 23.5 Å². The van der Waals surface area contributed by atoms with E-state index in [1.54, 1.807) is 0 Å². The molecule has 2 aromatic carbocycles. The lowest BCUT2D eigenvalue weighted by Gasteiger charge is -2.19. The summed E-state index contributed by atoms with van der Waals surface area (Å²) in [6, 6.07) is 7.20. The van der Waals surface area contributed by atoms with Gasteiger partial charge in [-0.15, -0.1) is 38.7 Å². The zero-order valence-electron chi connectivity index (χ0n) is 12.6. The summed E-state index contributed by atoms with van der Waals surface area (Å²) < 4.78 is 82.1. The first kappa shape index (κ1) is 22.4. The minimum absolute atomic E-state index is 0. The number of hydrogen-bond donors (Lipinski definition) is 1. The molecular formula is C15H11BrClF6NO2. The first-order valence-corrected chi connectivity index (χ1v) is 7.40. The second-order valence-corrected chi connectivity index (χ2v) is 5.74. The van der Waals surface area contributed by atoms with Gasteiger partial charge in [-0.25, -0.2) is 0 Å². The van der Waals surface area contributed by atoms with Gasteiger partial charge in [0.15, 0.2) is 0 Å². The first-order valence-electron chi connectivity index (χ1n) is 6.61. The van der Waals surface area contributed by atoms with Crippen LogP contribution in [-0.4, -0.2) is 12.7 Å². The SMILES string of the molecule is Cl.N[C@@H](c1ccc(OC(F)(F)F)cc1)c1cc(Br)ccc1OC(F)(F)F. The number of rotatable bonds is 4. The number of nitrogens with two attached hydrogens (primary N) is 1. The average molecular weight is 467 g/mol. The highest BCUT2D eigenvalue weighted by molar-refractivity contribution is 9.10. The van der Waals surface area contributed by atoms with Gasteiger partial charge < -0.3 is 15.2 Å². The lowest BCUT2D eigenvalue weighted by molar-refractivity contribution is -0.275. The molecule has 0 aliphatic heterocycles. The molecule has 1 atom stereocenters. The molecular weight excluding hydrogens is 456 g/mol. The fraction of sp³-hybridized carbons (Fsp3) is 0.200. The summed E-state index contributed by atoms with van der Waals surface area (Å²) in [5, 5.41) is 0. The smallest absolute Gasteiger partial charge is 0.406 e. The van der Waals surface area contributed by atoms with Gasteiger partial charge in [0.1, 0.15) is 11.5 Å². The van der Waals surface area contributed by atoms with E-state index in [2.05, 4.69) is 25.4 Å². The molecule has 2 N–H and O–H groups in total. The fourth-order valence-corrected chi connectivity index (χ4v) is 2.42. The third kappa shape index (κ3) is 6.58. The highest BCUT2D eigenvalue weighted by Gasteiger charge is 2.33. The zero-order chi connectivity index (χ0) is 18.8. The van der Waals surface area contributed by atoms with Crippen molar-refractivity contribution >= 4 is 28.3 Å². The first-order chi connectivity index (χ1) is 11.4. The summed E-state index contributed by atoms with van der Waals surface area (Å²) in [4.78, 5) is 0. The maximum atomic E-state index is 12.5. The average Bonchev–Trinajstić information content (AvgIpc) is 2.46. The van der Waals surface area contributed by atoms with Crippen molar-refractivity contribution in [2.24, 2.45) is 5.73 Å². The van der Waals surface area contributed by atoms with Crippen LogP contribution in [0.5, 0.6) is 11.5 Å². The van der Waals surface area contributed by atoms with Crippen LogP contribution in [0.3, 0.4) is 0 Å². The third-order valence-electron chi connectivity index (χ3n) is 3.01. The van der Waals surface area contributed by atoms with Gasteiger partial charge in [0.2, 0.25) is 0 Å². The fourth-order valence-electron chi connectivity index (χ4n) is 2.04. The monoisotopic (exact) mass is 465 g/mol. The van der Waals surface area contributed by atoms with Gasteiger partial charge in [0, 0.05) is 10.0 Å². The van der Waals surface area contributed by atoms with Gasteiger partial charge in [-0.05, 0) is 35.9 Å². The van der Waals surface area contributed by atoms with E-state index in [9.17, 15) is 26.3 Å². The molecule has 0 radical (unpaired) electrons. The molecule has 0 saturated carbocycles. The van der Waals surface area contributed by atoms with Crippen LogP contribution in [0, 0.1) is 0 Å². The quantitative estimate of drug-likeness (QED) is 0.587. The Balaban J connectivity index is 0.00000338. The Hall–Kier alpha value is -1.65. The molecule has 0 aliphatic carbocycles. The second kappa shape index (κ2) is 8.36. The molecule has 0 bridgehead atoms. The van der Waals surface area contributed by atoms with Gasteiger partial charge in [0.05, 0.1) is 6.04 Å². The summed E-state index contributed by atoms with van der Waals surface area (Å²) in [5.74, 6) is -0.969. The third-order valence-corrected chi connectivity index (χ3v) is 3.50. The molecule has 2 aromatic rings. The summed E-state index contributed by atoms with van der Waals surface area (Å²) >= 11 is 3.12. The molecule has 0 unspecified atom stereocenters. The predicted octanol–water partition coefficient (Wildman–Crippen LogP) is 5.72. The zero-order valence-corrected chi connectivity index (χ0v) is 15.0. The van der Waals surface area contributed by atoms with E-state index < -0.39 is 30.3 Å². The van der Waals surface area contributed by atoms with Crippen molar-refractivity contribution in [2.75, 3.05) is 0 Å². The Morgan fingerprint density at radius 3 is 1.88 bits per heavy atom. The Morgan fingerprint density at radius 2 is 1.38 bits per heavy atom. The Kier molecular flexibility index (Phi) is 7.20. The molecule has 0 aliphatic rings. The summed E-state index contributed by atoms with van der Waals surface area (Å²) in [5.41, 5.74) is 6.24. The van der Waals surface area contributed by atoms with Gasteiger partial charge in [-0.2, -0.15) is 0 Å². The maximum absolute atomic E-state index is 12.5. The van der Waals surface area contributed by atoms with Crippen molar-refractivity contribution in [3.8, 4) is 11.5 Å². The summed E-state index contributed by atoms with van der Waals surface area (Å²) in [7, 11) is 0. The Labute approximate surface area is 158 Å². The lowest BCUT2D eigenvalue weighted by atomic mass is 9.98. The van der Waals surface area contributed by atoms with Crippen molar-refractivity contribution in [1.29, 1.82) is 0 Å². The molecule has 0 spiro atoms. The maximum Gasteiger partial charge on any atom is 0.573 e. The van der Waals surface area contributed by atoms with Crippen LogP contribution in [0.25, 0.3) is 0 Å². The van der Waals surface area contributed by atoms with Crippen LogP contribution in [0.15, 0.2) is 46.9 Å². The van der Waals surface area contributed by atoms with Crippen LogP contribution >= 0.6 is 28.3 Å². The van der Waals surface area contributed by atoms with Crippen molar-refractivity contribution in [3.63, 3.8) is 0 Å². The standard InChI is InChI=1S/C15H10BrF6NO2.ClH/c16-9-3-6-12(25-15(20,21)22)11(7-9)13(23)8-1-4-10(5-2-8)24-14(17,18)19;/h1-7,13H,23H2;1H/t13-;/m0./s1. The van der Waals surface area contributed by atoms with Gasteiger partial charge in [-0.1, -0.05) is 28.1 Å². The summed E-state index contributed by atoms with van der Waals surface area (Å²) in [6.07, 6.45) is -9.76. The largest absolute Gasteiger partial charge is 0.573 e. The van der Waals surface area contributed by atoms with E-state index >= 15 is 0 Å². The van der Waals surface area contributed by atoms with Crippen molar-refractivity contribution in [3.05, 3.63) is 58.1 Å². The van der Waals surface area contributed by atoms with E-state index in [0.29, 0.717) is 4.47 Å². The van der Waals surface area contributed by atoms with Crippen LogP contribution in [0.4, 0.5) is 26.3 Å². The molecule has 2 rings (SSSR count). The van der Waals surface area contributed by atoms with Crippen LogP contribution in [0.2, 0.25) is 0 Å². The van der Waals surface area contributed by atoms with Gasteiger partial charge >= 0.3 is 12.7 Å². The molecule has 0 amide bonds. The highest BCUT2D eigenvalue weighted by Crippen LogP contribution is 2.35. The van der Waals surface area contributed by atoms with Gasteiger partial charge in [-0.3, -0.25) is 0 Å². The van der Waals surface area contributed by atoms with Crippen LogP contribution in [-0.2, 0) is 0 Å². The van der Waals surface area contributed by atoms with E-state index in [0.717, 1.165) is 18.2 Å². The molecule has 0 heterocycles. The number of ether oxygens (including phenoxy) is 2. The molecule has 0 saturated heterocycles. The molecule has 0 fully saturated rings.